The van der Waals surface area contributed by atoms with E-state index in [0.29, 0.717) is 42.4 Å². The van der Waals surface area contributed by atoms with Crippen molar-refractivity contribution in [2.75, 3.05) is 6.61 Å². The number of halogens is 6. The molecule has 3 nitrogen and oxygen atoms in total. The van der Waals surface area contributed by atoms with Crippen LogP contribution in [0.15, 0.2) is 53.8 Å². The topological polar surface area (TPSA) is 35.5 Å². The van der Waals surface area contributed by atoms with Crippen LogP contribution in [-0.2, 0) is 26.6 Å². The Hall–Kier alpha value is -2.55. The minimum Gasteiger partial charge on any atom is -0.497 e. The number of carbonyl (C=O) groups is 1. The normalized spacial score (nSPS) is 22.9. The zero-order valence-electron chi connectivity index (χ0n) is 16.5. The van der Waals surface area contributed by atoms with E-state index in [1.807, 2.05) is 12.2 Å². The zero-order valence-corrected chi connectivity index (χ0v) is 16.5. The summed E-state index contributed by atoms with van der Waals surface area (Å²) in [5, 5.41) is 0. The van der Waals surface area contributed by atoms with Gasteiger partial charge in [0.25, 0.3) is 0 Å². The molecule has 1 heterocycles. The van der Waals surface area contributed by atoms with Crippen LogP contribution in [0.25, 0.3) is 0 Å². The average Bonchev–Trinajstić information content (AvgIpc) is 2.72. The van der Waals surface area contributed by atoms with Gasteiger partial charge in [0.2, 0.25) is 0 Å². The molecule has 0 N–H and O–H groups in total. The van der Waals surface area contributed by atoms with Gasteiger partial charge in [-0.25, -0.2) is 0 Å². The van der Waals surface area contributed by atoms with Crippen LogP contribution in [0.3, 0.4) is 0 Å². The van der Waals surface area contributed by atoms with Gasteiger partial charge in [-0.2, -0.15) is 26.3 Å². The fraction of sp³-hybridized carbons (Fsp3) is 0.409. The molecule has 1 aliphatic heterocycles. The fourth-order valence-corrected chi connectivity index (χ4v) is 3.71. The third kappa shape index (κ3) is 5.39. The summed E-state index contributed by atoms with van der Waals surface area (Å²) in [5.74, 6) is -0.380. The van der Waals surface area contributed by atoms with Crippen LogP contribution in [0.4, 0.5) is 26.3 Å². The van der Waals surface area contributed by atoms with Gasteiger partial charge in [0, 0.05) is 11.5 Å². The molecule has 0 aromatic heterocycles. The lowest BCUT2D eigenvalue weighted by atomic mass is 9.83. The number of carbonyl (C=O) groups excluding carboxylic acids is 1. The highest BCUT2D eigenvalue weighted by atomic mass is 19.4. The van der Waals surface area contributed by atoms with Crippen LogP contribution in [0, 0.1) is 5.92 Å². The standard InChI is InChI=1S/C22H20F6O3/c1-13(15-8-16(21(23,24)25)10-17(9-15)22(26,27)28)31-20-5-3-2-4-18(20)19-12-30-7-6-14(19)11-29/h2,4,6-11,13,18,20H,3,5,12H2,1H3/t13-,18?,20?/m1/s1. The van der Waals surface area contributed by atoms with E-state index in [2.05, 4.69) is 0 Å². The quantitative estimate of drug-likeness (QED) is 0.308. The Bertz CT molecular complexity index is 879. The Morgan fingerprint density at radius 2 is 1.74 bits per heavy atom. The van der Waals surface area contributed by atoms with E-state index in [1.54, 1.807) is 0 Å². The number of allylic oxidation sites excluding steroid dienone is 3. The van der Waals surface area contributed by atoms with Crippen molar-refractivity contribution in [3.8, 4) is 0 Å². The van der Waals surface area contributed by atoms with E-state index < -0.39 is 35.7 Å². The number of ether oxygens (including phenoxy) is 2. The van der Waals surface area contributed by atoms with Crippen molar-refractivity contribution < 1.29 is 40.6 Å². The summed E-state index contributed by atoms with van der Waals surface area (Å²) in [4.78, 5) is 11.4. The third-order valence-electron chi connectivity index (χ3n) is 5.30. The van der Waals surface area contributed by atoms with Gasteiger partial charge in [0.05, 0.1) is 29.6 Å². The molecule has 1 aromatic carbocycles. The predicted molar refractivity (Wildman–Crippen MR) is 99.8 cm³/mol. The molecule has 2 unspecified atom stereocenters. The number of hydrogen-bond acceptors (Lipinski definition) is 3. The van der Waals surface area contributed by atoms with Crippen molar-refractivity contribution in [1.82, 2.24) is 0 Å². The van der Waals surface area contributed by atoms with Crippen molar-refractivity contribution in [1.29, 1.82) is 0 Å². The van der Waals surface area contributed by atoms with E-state index in [0.717, 1.165) is 0 Å². The van der Waals surface area contributed by atoms with Gasteiger partial charge < -0.3 is 9.47 Å². The third-order valence-corrected chi connectivity index (χ3v) is 5.30. The van der Waals surface area contributed by atoms with Crippen LogP contribution in [0.5, 0.6) is 0 Å². The number of aldehydes is 1. The first-order valence-corrected chi connectivity index (χ1v) is 9.58. The summed E-state index contributed by atoms with van der Waals surface area (Å²) in [6.45, 7) is 1.56. The molecule has 3 atom stereocenters. The first-order valence-electron chi connectivity index (χ1n) is 9.58. The van der Waals surface area contributed by atoms with Crippen LogP contribution in [-0.4, -0.2) is 19.0 Å². The van der Waals surface area contributed by atoms with E-state index >= 15 is 0 Å². The van der Waals surface area contributed by atoms with Gasteiger partial charge in [0.15, 0.2) is 0 Å². The summed E-state index contributed by atoms with van der Waals surface area (Å²) in [6, 6.07) is 1.45. The number of benzene rings is 1. The maximum atomic E-state index is 13.2. The van der Waals surface area contributed by atoms with Gasteiger partial charge in [-0.15, -0.1) is 0 Å². The molecule has 0 saturated carbocycles. The Morgan fingerprint density at radius 3 is 2.32 bits per heavy atom. The second kappa shape index (κ2) is 8.90. The molecular formula is C22H20F6O3. The van der Waals surface area contributed by atoms with Crippen molar-refractivity contribution in [3.05, 3.63) is 70.5 Å². The fourth-order valence-electron chi connectivity index (χ4n) is 3.71. The van der Waals surface area contributed by atoms with E-state index in [4.69, 9.17) is 9.47 Å². The molecule has 3 rings (SSSR count). The largest absolute Gasteiger partial charge is 0.497 e. The minimum atomic E-state index is -4.93. The Morgan fingerprint density at radius 1 is 1.10 bits per heavy atom. The van der Waals surface area contributed by atoms with E-state index in [1.165, 1.54) is 19.3 Å². The minimum absolute atomic E-state index is 0.0925. The van der Waals surface area contributed by atoms with Gasteiger partial charge in [-0.05, 0) is 55.2 Å². The van der Waals surface area contributed by atoms with Crippen LogP contribution in [0.1, 0.15) is 42.6 Å². The molecule has 0 fully saturated rings. The highest BCUT2D eigenvalue weighted by Crippen LogP contribution is 2.39. The maximum absolute atomic E-state index is 13.2. The van der Waals surface area contributed by atoms with Gasteiger partial charge >= 0.3 is 12.4 Å². The second-order valence-corrected chi connectivity index (χ2v) is 7.40. The molecule has 9 heteroatoms. The first kappa shape index (κ1) is 23.1. The number of rotatable bonds is 5. The van der Waals surface area contributed by atoms with Crippen molar-refractivity contribution in [3.63, 3.8) is 0 Å². The van der Waals surface area contributed by atoms with E-state index in [9.17, 15) is 31.1 Å². The highest BCUT2D eigenvalue weighted by molar-refractivity contribution is 5.79. The summed E-state index contributed by atoms with van der Waals surface area (Å²) >= 11 is 0. The van der Waals surface area contributed by atoms with Gasteiger partial charge in [-0.3, -0.25) is 4.79 Å². The van der Waals surface area contributed by atoms with Crippen LogP contribution >= 0.6 is 0 Å². The van der Waals surface area contributed by atoms with Crippen molar-refractivity contribution in [2.24, 2.45) is 5.92 Å². The Labute approximate surface area is 175 Å². The smallest absolute Gasteiger partial charge is 0.416 e. The second-order valence-electron chi connectivity index (χ2n) is 7.40. The molecule has 0 bridgehead atoms. The number of alkyl halides is 6. The van der Waals surface area contributed by atoms with Crippen molar-refractivity contribution >= 4 is 6.29 Å². The molecule has 31 heavy (non-hydrogen) atoms. The number of hydrogen-bond donors (Lipinski definition) is 0. The molecule has 0 spiro atoms. The molecule has 0 radical (unpaired) electrons. The van der Waals surface area contributed by atoms with Gasteiger partial charge in [-0.1, -0.05) is 12.2 Å². The van der Waals surface area contributed by atoms with Crippen molar-refractivity contribution in [2.45, 2.75) is 44.3 Å². The Balaban J connectivity index is 1.92. The highest BCUT2D eigenvalue weighted by Gasteiger charge is 2.38. The van der Waals surface area contributed by atoms with Crippen LogP contribution in [0.2, 0.25) is 0 Å². The maximum Gasteiger partial charge on any atom is 0.416 e. The molecule has 1 aliphatic carbocycles. The molecule has 0 amide bonds. The molecule has 0 saturated heterocycles. The monoisotopic (exact) mass is 446 g/mol. The summed E-state index contributed by atoms with van der Waals surface area (Å²) < 4.78 is 90.2. The Kier molecular flexibility index (Phi) is 6.64. The zero-order chi connectivity index (χ0) is 22.8. The SMILES string of the molecule is C[C@@H](OC1CCC=CC1C1=C(C=O)C=COC1)c1cc(C(F)(F)F)cc(C(F)(F)F)c1. The molecular weight excluding hydrogens is 426 g/mol. The summed E-state index contributed by atoms with van der Waals surface area (Å²) in [5.41, 5.74) is -1.91. The molecule has 1 aromatic rings. The van der Waals surface area contributed by atoms with Crippen LogP contribution < -0.4 is 0 Å². The summed E-state index contributed by atoms with van der Waals surface area (Å²) in [6.07, 6.45) is -3.00. The first-order chi connectivity index (χ1) is 14.5. The lowest BCUT2D eigenvalue weighted by Gasteiger charge is -2.33. The molecule has 168 valence electrons. The lowest BCUT2D eigenvalue weighted by molar-refractivity contribution is -0.143. The summed E-state index contributed by atoms with van der Waals surface area (Å²) in [7, 11) is 0. The predicted octanol–water partition coefficient (Wildman–Crippen LogP) is 6.18. The van der Waals surface area contributed by atoms with E-state index in [-0.39, 0.29) is 24.2 Å². The molecule has 2 aliphatic rings. The van der Waals surface area contributed by atoms with Gasteiger partial charge in [0.1, 0.15) is 12.9 Å². The lowest BCUT2D eigenvalue weighted by Crippen LogP contribution is -2.30. The average molecular weight is 446 g/mol.